The molecule has 2 aromatic rings. The molecule has 0 aromatic carbocycles. The lowest BCUT2D eigenvalue weighted by Crippen LogP contribution is -2.19. The molecule has 0 aliphatic rings. The Balaban J connectivity index is 2.05. The Morgan fingerprint density at radius 1 is 1.47 bits per heavy atom. The monoisotopic (exact) mass is 341 g/mol. The zero-order valence-corrected chi connectivity index (χ0v) is 12.9. The normalized spacial score (nSPS) is 10.5. The molecular formula is C13H13BrClN3O. The maximum Gasteiger partial charge on any atom is 0.245 e. The van der Waals surface area contributed by atoms with Crippen LogP contribution >= 0.6 is 27.5 Å². The molecule has 0 aliphatic carbocycles. The molecule has 0 radical (unpaired) electrons. The molecule has 100 valence electrons. The van der Waals surface area contributed by atoms with Crippen molar-refractivity contribution < 1.29 is 4.79 Å². The highest BCUT2D eigenvalue weighted by Gasteiger charge is 2.10. The number of hydrogen-bond donors (Lipinski definition) is 1. The number of halogens is 2. The van der Waals surface area contributed by atoms with E-state index in [0.29, 0.717) is 10.8 Å². The summed E-state index contributed by atoms with van der Waals surface area (Å²) >= 11 is 9.22. The van der Waals surface area contributed by atoms with E-state index in [1.54, 1.807) is 12.1 Å². The van der Waals surface area contributed by atoms with Crippen molar-refractivity contribution in [1.29, 1.82) is 0 Å². The second-order valence-electron chi connectivity index (χ2n) is 4.25. The summed E-state index contributed by atoms with van der Waals surface area (Å²) in [6.45, 7) is 4.21. The fourth-order valence-electron chi connectivity index (χ4n) is 1.75. The topological polar surface area (TPSA) is 46.9 Å². The van der Waals surface area contributed by atoms with Gasteiger partial charge in [-0.3, -0.25) is 4.79 Å². The van der Waals surface area contributed by atoms with Crippen molar-refractivity contribution in [3.8, 4) is 0 Å². The predicted molar refractivity (Wildman–Crippen MR) is 79.5 cm³/mol. The Kier molecular flexibility index (Phi) is 4.27. The minimum absolute atomic E-state index is 0.125. The number of nitrogens with one attached hydrogen (secondary N) is 1. The Morgan fingerprint density at radius 3 is 2.74 bits per heavy atom. The van der Waals surface area contributed by atoms with Crippen LogP contribution in [0.3, 0.4) is 0 Å². The molecule has 4 nitrogen and oxygen atoms in total. The third-order valence-electron chi connectivity index (χ3n) is 2.75. The molecule has 0 spiro atoms. The summed E-state index contributed by atoms with van der Waals surface area (Å²) in [5.41, 5.74) is 2.13. The maximum atomic E-state index is 11.9. The molecule has 1 N–H and O–H groups in total. The highest BCUT2D eigenvalue weighted by molar-refractivity contribution is 9.10. The number of anilines is 1. The Labute approximate surface area is 124 Å². The minimum atomic E-state index is -0.125. The zero-order valence-electron chi connectivity index (χ0n) is 10.6. The molecule has 0 saturated heterocycles. The van der Waals surface area contributed by atoms with E-state index in [-0.39, 0.29) is 12.5 Å². The van der Waals surface area contributed by atoms with Crippen LogP contribution in [0, 0.1) is 13.8 Å². The highest BCUT2D eigenvalue weighted by Crippen LogP contribution is 2.22. The molecule has 0 atom stereocenters. The molecular weight excluding hydrogens is 330 g/mol. The lowest BCUT2D eigenvalue weighted by molar-refractivity contribution is -0.116. The summed E-state index contributed by atoms with van der Waals surface area (Å²) in [6.07, 6.45) is 3.44. The molecule has 2 rings (SSSR count). The number of aromatic nitrogens is 2. The van der Waals surface area contributed by atoms with Crippen molar-refractivity contribution in [2.75, 3.05) is 5.32 Å². The first-order chi connectivity index (χ1) is 8.97. The van der Waals surface area contributed by atoms with Crippen molar-refractivity contribution in [1.82, 2.24) is 9.55 Å². The van der Waals surface area contributed by atoms with E-state index in [9.17, 15) is 4.79 Å². The molecule has 0 fully saturated rings. The van der Waals surface area contributed by atoms with Crippen molar-refractivity contribution in [3.05, 3.63) is 45.3 Å². The van der Waals surface area contributed by atoms with Gasteiger partial charge in [0.2, 0.25) is 5.91 Å². The van der Waals surface area contributed by atoms with E-state index >= 15 is 0 Å². The van der Waals surface area contributed by atoms with Gasteiger partial charge in [0.1, 0.15) is 12.4 Å². The van der Waals surface area contributed by atoms with Crippen molar-refractivity contribution in [3.63, 3.8) is 0 Å². The highest BCUT2D eigenvalue weighted by atomic mass is 79.9. The Morgan fingerprint density at radius 2 is 2.21 bits per heavy atom. The first-order valence-corrected chi connectivity index (χ1v) is 6.87. The van der Waals surface area contributed by atoms with Crippen molar-refractivity contribution in [2.24, 2.45) is 0 Å². The Bertz CT molecular complexity index is 607. The van der Waals surface area contributed by atoms with Crippen LogP contribution in [-0.4, -0.2) is 15.5 Å². The lowest BCUT2D eigenvalue weighted by Gasteiger charge is -2.07. The van der Waals surface area contributed by atoms with Crippen LogP contribution in [0.25, 0.3) is 0 Å². The number of carbonyl (C=O) groups is 1. The number of amides is 1. The van der Waals surface area contributed by atoms with E-state index in [4.69, 9.17) is 11.6 Å². The van der Waals surface area contributed by atoms with Crippen LogP contribution < -0.4 is 5.32 Å². The summed E-state index contributed by atoms with van der Waals surface area (Å²) in [7, 11) is 0. The smallest absolute Gasteiger partial charge is 0.245 e. The molecule has 6 heteroatoms. The third-order valence-corrected chi connectivity index (χ3v) is 4.18. The van der Waals surface area contributed by atoms with E-state index in [2.05, 4.69) is 26.2 Å². The summed E-state index contributed by atoms with van der Waals surface area (Å²) in [5, 5.41) is 3.27. The first-order valence-electron chi connectivity index (χ1n) is 5.70. The standard InChI is InChI=1S/C13H13BrClN3O/c1-8-6-18(9(2)13(8)14)7-12(19)17-11-4-3-10(15)5-16-11/h3-6H,7H2,1-2H3,(H,16,17,19). The third kappa shape index (κ3) is 3.36. The summed E-state index contributed by atoms with van der Waals surface area (Å²) in [4.78, 5) is 15.9. The van der Waals surface area contributed by atoms with Crippen molar-refractivity contribution >= 4 is 39.3 Å². The van der Waals surface area contributed by atoms with Gasteiger partial charge in [-0.1, -0.05) is 11.6 Å². The number of aryl methyl sites for hydroxylation is 1. The second-order valence-corrected chi connectivity index (χ2v) is 5.48. The van der Waals surface area contributed by atoms with Gasteiger partial charge in [0, 0.05) is 22.6 Å². The van der Waals surface area contributed by atoms with E-state index in [1.165, 1.54) is 6.20 Å². The fraction of sp³-hybridized carbons (Fsp3) is 0.231. The fourth-order valence-corrected chi connectivity index (χ4v) is 2.19. The average molecular weight is 343 g/mol. The number of nitrogens with zero attached hydrogens (tertiary/aromatic N) is 2. The molecule has 2 heterocycles. The zero-order chi connectivity index (χ0) is 14.0. The van der Waals surface area contributed by atoms with Crippen LogP contribution in [0.1, 0.15) is 11.3 Å². The molecule has 0 unspecified atom stereocenters. The summed E-state index contributed by atoms with van der Waals surface area (Å²) < 4.78 is 2.93. The number of carbonyl (C=O) groups excluding carboxylic acids is 1. The van der Waals surface area contributed by atoms with Gasteiger partial charge in [0.05, 0.1) is 5.02 Å². The summed E-state index contributed by atoms with van der Waals surface area (Å²) in [5.74, 6) is 0.371. The number of hydrogen-bond acceptors (Lipinski definition) is 2. The van der Waals surface area contributed by atoms with Crippen molar-refractivity contribution in [2.45, 2.75) is 20.4 Å². The lowest BCUT2D eigenvalue weighted by atomic mass is 10.3. The van der Waals surface area contributed by atoms with Crippen LogP contribution in [-0.2, 0) is 11.3 Å². The molecule has 1 amide bonds. The predicted octanol–water partition coefficient (Wildman–Crippen LogP) is 3.55. The van der Waals surface area contributed by atoms with E-state index in [0.717, 1.165) is 15.7 Å². The van der Waals surface area contributed by atoms with Crippen LogP contribution in [0.5, 0.6) is 0 Å². The average Bonchev–Trinajstić information content (AvgIpc) is 2.60. The van der Waals surface area contributed by atoms with E-state index < -0.39 is 0 Å². The van der Waals surface area contributed by atoms with Gasteiger partial charge in [-0.2, -0.15) is 0 Å². The van der Waals surface area contributed by atoms with Crippen LogP contribution in [0.4, 0.5) is 5.82 Å². The van der Waals surface area contributed by atoms with Gasteiger partial charge >= 0.3 is 0 Å². The SMILES string of the molecule is Cc1cn(CC(=O)Nc2ccc(Cl)cn2)c(C)c1Br. The van der Waals surface area contributed by atoms with Gasteiger partial charge in [-0.15, -0.1) is 0 Å². The second kappa shape index (κ2) is 5.75. The molecule has 0 saturated carbocycles. The molecule has 19 heavy (non-hydrogen) atoms. The maximum absolute atomic E-state index is 11.9. The van der Waals surface area contributed by atoms with Gasteiger partial charge in [0.15, 0.2) is 0 Å². The largest absolute Gasteiger partial charge is 0.341 e. The van der Waals surface area contributed by atoms with Gasteiger partial charge in [-0.25, -0.2) is 4.98 Å². The quantitative estimate of drug-likeness (QED) is 0.927. The molecule has 0 bridgehead atoms. The molecule has 0 aliphatic heterocycles. The Hall–Kier alpha value is -1.33. The minimum Gasteiger partial charge on any atom is -0.341 e. The molecule has 2 aromatic heterocycles. The van der Waals surface area contributed by atoms with Crippen LogP contribution in [0.2, 0.25) is 5.02 Å². The van der Waals surface area contributed by atoms with Crippen LogP contribution in [0.15, 0.2) is 29.0 Å². The first kappa shape index (κ1) is 14.1. The summed E-state index contributed by atoms with van der Waals surface area (Å²) in [6, 6.07) is 3.36. The van der Waals surface area contributed by atoms with Gasteiger partial charge in [0.25, 0.3) is 0 Å². The number of rotatable bonds is 3. The van der Waals surface area contributed by atoms with E-state index in [1.807, 2.05) is 24.6 Å². The van der Waals surface area contributed by atoms with Gasteiger partial charge < -0.3 is 9.88 Å². The van der Waals surface area contributed by atoms with Gasteiger partial charge in [-0.05, 0) is 47.5 Å². The number of pyridine rings is 1.